The minimum absolute atomic E-state index is 0.113. The molecule has 0 unspecified atom stereocenters. The van der Waals surface area contributed by atoms with Gasteiger partial charge >= 0.3 is 5.69 Å². The number of anilines is 1. The monoisotopic (exact) mass is 294 g/mol. The molecule has 2 rings (SSSR count). The minimum atomic E-state index is -0.469. The first-order chi connectivity index (χ1) is 9.52. The van der Waals surface area contributed by atoms with Crippen molar-refractivity contribution in [2.75, 3.05) is 11.9 Å². The van der Waals surface area contributed by atoms with Crippen LogP contribution in [0.3, 0.4) is 0 Å². The van der Waals surface area contributed by atoms with Crippen molar-refractivity contribution >= 4 is 23.3 Å². The quantitative estimate of drug-likeness (QED) is 0.511. The van der Waals surface area contributed by atoms with Crippen molar-refractivity contribution in [3.05, 3.63) is 28.2 Å². The molecule has 0 aliphatic heterocycles. The molecule has 2 heterocycles. The van der Waals surface area contributed by atoms with Gasteiger partial charge < -0.3 is 5.32 Å². The van der Waals surface area contributed by atoms with Crippen LogP contribution in [0.5, 0.6) is 0 Å². The molecule has 1 N–H and O–H groups in total. The summed E-state index contributed by atoms with van der Waals surface area (Å²) in [5, 5.41) is 19.4. The third kappa shape index (κ3) is 2.87. The van der Waals surface area contributed by atoms with Crippen molar-refractivity contribution in [1.29, 1.82) is 0 Å². The molecule has 0 bridgehead atoms. The van der Waals surface area contributed by atoms with E-state index in [1.54, 1.807) is 11.7 Å². The number of hydrogen-bond donors (Lipinski definition) is 1. The van der Waals surface area contributed by atoms with Gasteiger partial charge in [0.2, 0.25) is 5.82 Å². The lowest BCUT2D eigenvalue weighted by Gasteiger charge is -2.06. The van der Waals surface area contributed by atoms with Crippen LogP contribution in [-0.2, 0) is 7.05 Å². The Kier molecular flexibility index (Phi) is 4.18. The second kappa shape index (κ2) is 5.87. The van der Waals surface area contributed by atoms with E-state index in [2.05, 4.69) is 20.4 Å². The van der Waals surface area contributed by atoms with Crippen LogP contribution in [0.2, 0.25) is 0 Å². The molecule has 106 valence electrons. The molecule has 20 heavy (non-hydrogen) atoms. The average Bonchev–Trinajstić information content (AvgIpc) is 2.68. The molecule has 0 atom stereocenters. The van der Waals surface area contributed by atoms with E-state index >= 15 is 0 Å². The topological polar surface area (TPSA) is 98.8 Å². The number of nitro groups is 1. The molecular weight excluding hydrogens is 280 g/mol. The highest BCUT2D eigenvalue weighted by molar-refractivity contribution is 7.99. The molecular formula is C11H14N6O2S. The number of aromatic nitrogens is 4. The Hall–Kier alpha value is -2.16. The van der Waals surface area contributed by atoms with Gasteiger partial charge in [-0.25, -0.2) is 9.97 Å². The van der Waals surface area contributed by atoms with Crippen LogP contribution < -0.4 is 5.32 Å². The fourth-order valence-electron chi connectivity index (χ4n) is 1.68. The highest BCUT2D eigenvalue weighted by Crippen LogP contribution is 2.36. The zero-order valence-electron chi connectivity index (χ0n) is 11.3. The summed E-state index contributed by atoms with van der Waals surface area (Å²) in [6.07, 6.45) is 1.32. The molecule has 0 aliphatic carbocycles. The van der Waals surface area contributed by atoms with Gasteiger partial charge in [0.15, 0.2) is 5.03 Å². The molecule has 2 aromatic rings. The first kappa shape index (κ1) is 14.3. The van der Waals surface area contributed by atoms with Crippen molar-refractivity contribution in [3.63, 3.8) is 0 Å². The summed E-state index contributed by atoms with van der Waals surface area (Å²) in [7, 11) is 1.79. The molecule has 0 amide bonds. The van der Waals surface area contributed by atoms with Gasteiger partial charge in [0.25, 0.3) is 0 Å². The van der Waals surface area contributed by atoms with E-state index < -0.39 is 4.92 Å². The summed E-state index contributed by atoms with van der Waals surface area (Å²) >= 11 is 1.20. The predicted octanol–water partition coefficient (Wildman–Crippen LogP) is 2.01. The Morgan fingerprint density at radius 3 is 2.80 bits per heavy atom. The molecule has 0 aliphatic rings. The Labute approximate surface area is 119 Å². The molecule has 9 heteroatoms. The van der Waals surface area contributed by atoms with E-state index in [1.807, 2.05) is 19.9 Å². The lowest BCUT2D eigenvalue weighted by Crippen LogP contribution is -2.06. The van der Waals surface area contributed by atoms with Crippen LogP contribution >= 0.6 is 11.8 Å². The van der Waals surface area contributed by atoms with E-state index in [0.29, 0.717) is 11.6 Å². The number of hydrogen-bond acceptors (Lipinski definition) is 7. The molecule has 0 saturated heterocycles. The summed E-state index contributed by atoms with van der Waals surface area (Å²) in [5.74, 6) is 0.230. The van der Waals surface area contributed by atoms with Crippen LogP contribution in [0.1, 0.15) is 12.6 Å². The second-order valence-corrected chi connectivity index (χ2v) is 5.02. The highest BCUT2D eigenvalue weighted by atomic mass is 32.2. The van der Waals surface area contributed by atoms with E-state index in [0.717, 1.165) is 10.7 Å². The van der Waals surface area contributed by atoms with Crippen molar-refractivity contribution in [1.82, 2.24) is 19.7 Å². The van der Waals surface area contributed by atoms with E-state index in [9.17, 15) is 10.1 Å². The number of aryl methyl sites for hydroxylation is 2. The highest BCUT2D eigenvalue weighted by Gasteiger charge is 2.24. The van der Waals surface area contributed by atoms with E-state index in [1.165, 1.54) is 18.1 Å². The Balaban J connectivity index is 2.43. The van der Waals surface area contributed by atoms with Crippen LogP contribution in [0.15, 0.2) is 22.4 Å². The molecule has 0 radical (unpaired) electrons. The molecule has 8 nitrogen and oxygen atoms in total. The van der Waals surface area contributed by atoms with Crippen LogP contribution in [0.4, 0.5) is 11.5 Å². The largest absolute Gasteiger partial charge is 0.364 e. The molecule has 0 aromatic carbocycles. The number of rotatable bonds is 5. The maximum atomic E-state index is 11.2. The molecule has 2 aromatic heterocycles. The second-order valence-electron chi connectivity index (χ2n) is 4.01. The molecule has 0 fully saturated rings. The Morgan fingerprint density at radius 2 is 2.25 bits per heavy atom. The maximum Gasteiger partial charge on any atom is 0.343 e. The van der Waals surface area contributed by atoms with Crippen LogP contribution in [-0.4, -0.2) is 31.2 Å². The summed E-state index contributed by atoms with van der Waals surface area (Å²) in [5.41, 5.74) is 0.733. The number of nitrogens with zero attached hydrogens (tertiary/aromatic N) is 5. The molecule has 0 spiro atoms. The van der Waals surface area contributed by atoms with Gasteiger partial charge in [-0.15, -0.1) is 0 Å². The zero-order chi connectivity index (χ0) is 14.7. The lowest BCUT2D eigenvalue weighted by atomic mass is 10.5. The van der Waals surface area contributed by atoms with Crippen molar-refractivity contribution in [3.8, 4) is 0 Å². The van der Waals surface area contributed by atoms with Gasteiger partial charge in [-0.05, 0) is 31.7 Å². The van der Waals surface area contributed by atoms with E-state index in [-0.39, 0.29) is 11.5 Å². The number of nitrogens with one attached hydrogen (secondary N) is 1. The Bertz CT molecular complexity index is 642. The summed E-state index contributed by atoms with van der Waals surface area (Å²) in [6, 6.07) is 1.85. The van der Waals surface area contributed by atoms with Gasteiger partial charge in [0.1, 0.15) is 11.4 Å². The third-order valence-corrected chi connectivity index (χ3v) is 3.56. The van der Waals surface area contributed by atoms with Gasteiger partial charge in [-0.1, -0.05) is 0 Å². The molecule has 0 saturated carbocycles. The fourth-order valence-corrected chi connectivity index (χ4v) is 2.65. The van der Waals surface area contributed by atoms with Crippen LogP contribution in [0, 0.1) is 17.0 Å². The Morgan fingerprint density at radius 1 is 1.50 bits per heavy atom. The smallest absolute Gasteiger partial charge is 0.343 e. The zero-order valence-corrected chi connectivity index (χ0v) is 12.1. The minimum Gasteiger partial charge on any atom is -0.364 e. The van der Waals surface area contributed by atoms with Crippen molar-refractivity contribution in [2.45, 2.75) is 23.9 Å². The third-order valence-electron chi connectivity index (χ3n) is 2.48. The summed E-state index contributed by atoms with van der Waals surface area (Å²) < 4.78 is 1.67. The average molecular weight is 294 g/mol. The SMILES string of the molecule is CCNc1ncnc(Sc2cc(C)nn2C)c1[N+](=O)[O-]. The first-order valence-corrected chi connectivity index (χ1v) is 6.76. The van der Waals surface area contributed by atoms with Crippen molar-refractivity contribution in [2.24, 2.45) is 7.05 Å². The van der Waals surface area contributed by atoms with Gasteiger partial charge in [-0.3, -0.25) is 14.8 Å². The normalized spacial score (nSPS) is 10.6. The van der Waals surface area contributed by atoms with Gasteiger partial charge in [-0.2, -0.15) is 5.10 Å². The van der Waals surface area contributed by atoms with Crippen LogP contribution in [0.25, 0.3) is 0 Å². The van der Waals surface area contributed by atoms with Crippen molar-refractivity contribution < 1.29 is 4.92 Å². The lowest BCUT2D eigenvalue weighted by molar-refractivity contribution is -0.387. The summed E-state index contributed by atoms with van der Waals surface area (Å²) in [6.45, 7) is 4.26. The first-order valence-electron chi connectivity index (χ1n) is 5.94. The van der Waals surface area contributed by atoms with Gasteiger partial charge in [0, 0.05) is 13.6 Å². The fraction of sp³-hybridized carbons (Fsp3) is 0.364. The van der Waals surface area contributed by atoms with Gasteiger partial charge in [0.05, 0.1) is 10.6 Å². The predicted molar refractivity (Wildman–Crippen MR) is 74.9 cm³/mol. The van der Waals surface area contributed by atoms with E-state index in [4.69, 9.17) is 0 Å². The standard InChI is InChI=1S/C11H14N6O2S/c1-4-12-10-9(17(18)19)11(14-6-13-10)20-8-5-7(2)15-16(8)3/h5-6H,4H2,1-3H3,(H,12,13,14). The maximum absolute atomic E-state index is 11.2. The summed E-state index contributed by atoms with van der Waals surface area (Å²) in [4.78, 5) is 18.7.